The minimum atomic E-state index is -4.51. The Morgan fingerprint density at radius 2 is 1.59 bits per heavy atom. The zero-order chi connectivity index (χ0) is 15.7. The van der Waals surface area contributed by atoms with Crippen LogP contribution in [0.15, 0.2) is 54.9 Å². The molecule has 2 aromatic carbocycles. The van der Waals surface area contributed by atoms with Crippen LogP contribution in [0.2, 0.25) is 0 Å². The zero-order valence-corrected chi connectivity index (χ0v) is 11.0. The number of para-hydroxylation sites is 1. The topological polar surface area (TPSA) is 30.7 Å². The fourth-order valence-corrected chi connectivity index (χ4v) is 2.11. The van der Waals surface area contributed by atoms with Gasteiger partial charge in [-0.15, -0.1) is 0 Å². The molecule has 3 rings (SSSR count). The number of nitrogens with zero attached hydrogens (tertiary/aromatic N) is 3. The molecule has 0 N–H and O–H groups in total. The summed E-state index contributed by atoms with van der Waals surface area (Å²) in [6.07, 6.45) is -3.35. The van der Waals surface area contributed by atoms with Crippen molar-refractivity contribution in [3.63, 3.8) is 0 Å². The van der Waals surface area contributed by atoms with Gasteiger partial charge in [-0.2, -0.15) is 18.3 Å². The summed E-state index contributed by atoms with van der Waals surface area (Å²) >= 11 is 0. The van der Waals surface area contributed by atoms with Crippen molar-refractivity contribution in [2.45, 2.75) is 6.18 Å². The van der Waals surface area contributed by atoms with E-state index in [-0.39, 0.29) is 11.5 Å². The lowest BCUT2D eigenvalue weighted by Crippen LogP contribution is -2.12. The van der Waals surface area contributed by atoms with Crippen LogP contribution in [0.25, 0.3) is 17.1 Å². The van der Waals surface area contributed by atoms with Crippen LogP contribution in [0.3, 0.4) is 0 Å². The Morgan fingerprint density at radius 1 is 0.909 bits per heavy atom. The van der Waals surface area contributed by atoms with E-state index in [0.29, 0.717) is 5.56 Å². The number of hydrogen-bond donors (Lipinski definition) is 0. The molecule has 0 amide bonds. The monoisotopic (exact) mass is 307 g/mol. The first-order chi connectivity index (χ1) is 10.5. The van der Waals surface area contributed by atoms with E-state index in [1.165, 1.54) is 42.5 Å². The number of halogens is 4. The van der Waals surface area contributed by atoms with Crippen LogP contribution < -0.4 is 0 Å². The quantitative estimate of drug-likeness (QED) is 0.668. The molecule has 0 fully saturated rings. The number of alkyl halides is 3. The smallest absolute Gasteiger partial charge is 0.215 e. The molecule has 3 nitrogen and oxygen atoms in total. The van der Waals surface area contributed by atoms with Gasteiger partial charge in [0.25, 0.3) is 0 Å². The van der Waals surface area contributed by atoms with Crippen LogP contribution in [0.1, 0.15) is 5.56 Å². The maximum absolute atomic E-state index is 13.1. The minimum absolute atomic E-state index is 0.133. The Balaban J connectivity index is 2.16. The van der Waals surface area contributed by atoms with Gasteiger partial charge in [0.05, 0.1) is 11.3 Å². The van der Waals surface area contributed by atoms with Gasteiger partial charge in [-0.05, 0) is 36.4 Å². The van der Waals surface area contributed by atoms with Gasteiger partial charge in [-0.25, -0.2) is 14.1 Å². The summed E-state index contributed by atoms with van der Waals surface area (Å²) in [4.78, 5) is 3.98. The molecule has 0 aliphatic carbocycles. The van der Waals surface area contributed by atoms with Gasteiger partial charge in [0.2, 0.25) is 0 Å². The van der Waals surface area contributed by atoms with E-state index in [1.807, 2.05) is 0 Å². The van der Waals surface area contributed by atoms with Crippen molar-refractivity contribution in [2.24, 2.45) is 0 Å². The first-order valence-corrected chi connectivity index (χ1v) is 6.29. The van der Waals surface area contributed by atoms with E-state index in [1.54, 1.807) is 0 Å². The largest absolute Gasteiger partial charge is 0.418 e. The van der Waals surface area contributed by atoms with Crippen LogP contribution in [-0.2, 0) is 6.18 Å². The standard InChI is InChI=1S/C15H9F4N3/c16-11-7-5-10(6-8-11)14-20-9-21-22(14)13-4-2-1-3-12(13)15(17,18)19/h1-9H. The Labute approximate surface area is 122 Å². The third-order valence-corrected chi connectivity index (χ3v) is 3.09. The normalized spacial score (nSPS) is 11.6. The molecule has 1 heterocycles. The first-order valence-electron chi connectivity index (χ1n) is 6.29. The predicted octanol–water partition coefficient (Wildman–Crippen LogP) is 4.09. The van der Waals surface area contributed by atoms with Gasteiger partial charge in [0.1, 0.15) is 12.1 Å². The van der Waals surface area contributed by atoms with Crippen LogP contribution in [0.4, 0.5) is 17.6 Å². The summed E-state index contributed by atoms with van der Waals surface area (Å²) in [5.74, 6) is -0.234. The molecule has 0 radical (unpaired) electrons. The Morgan fingerprint density at radius 3 is 2.27 bits per heavy atom. The molecule has 0 atom stereocenters. The molecule has 0 spiro atoms. The second-order valence-corrected chi connectivity index (χ2v) is 4.52. The second-order valence-electron chi connectivity index (χ2n) is 4.52. The first kappa shape index (κ1) is 14.2. The Kier molecular flexibility index (Phi) is 3.40. The molecule has 3 aromatic rings. The van der Waals surface area contributed by atoms with E-state index in [2.05, 4.69) is 10.1 Å². The highest BCUT2D eigenvalue weighted by atomic mass is 19.4. The molecule has 0 bridgehead atoms. The summed E-state index contributed by atoms with van der Waals surface area (Å²) in [6, 6.07) is 10.4. The van der Waals surface area contributed by atoms with Gasteiger partial charge in [-0.1, -0.05) is 12.1 Å². The molecule has 7 heteroatoms. The van der Waals surface area contributed by atoms with Crippen LogP contribution in [0, 0.1) is 5.82 Å². The Hall–Kier alpha value is -2.70. The third-order valence-electron chi connectivity index (χ3n) is 3.09. The summed E-state index contributed by atoms with van der Waals surface area (Å²) in [7, 11) is 0. The lowest BCUT2D eigenvalue weighted by Gasteiger charge is -2.13. The Bertz CT molecular complexity index is 791. The predicted molar refractivity (Wildman–Crippen MR) is 71.8 cm³/mol. The molecule has 22 heavy (non-hydrogen) atoms. The molecule has 0 aliphatic heterocycles. The molecule has 112 valence electrons. The summed E-state index contributed by atoms with van der Waals surface area (Å²) in [6.45, 7) is 0. The average molecular weight is 307 g/mol. The number of rotatable bonds is 2. The van der Waals surface area contributed by atoms with Crippen LogP contribution in [0.5, 0.6) is 0 Å². The molecular weight excluding hydrogens is 298 g/mol. The van der Waals surface area contributed by atoms with Crippen molar-refractivity contribution in [1.82, 2.24) is 14.8 Å². The van der Waals surface area contributed by atoms with Crippen molar-refractivity contribution in [3.8, 4) is 17.1 Å². The molecule has 1 aromatic heterocycles. The third kappa shape index (κ3) is 2.57. The highest BCUT2D eigenvalue weighted by Crippen LogP contribution is 2.34. The lowest BCUT2D eigenvalue weighted by atomic mass is 10.1. The molecule has 0 saturated carbocycles. The van der Waals surface area contributed by atoms with E-state index >= 15 is 0 Å². The number of benzene rings is 2. The highest BCUT2D eigenvalue weighted by Gasteiger charge is 2.34. The minimum Gasteiger partial charge on any atom is -0.215 e. The maximum Gasteiger partial charge on any atom is 0.418 e. The molecular formula is C15H9F4N3. The van der Waals surface area contributed by atoms with Crippen molar-refractivity contribution in [3.05, 3.63) is 66.2 Å². The van der Waals surface area contributed by atoms with Crippen molar-refractivity contribution in [1.29, 1.82) is 0 Å². The van der Waals surface area contributed by atoms with Crippen molar-refractivity contribution >= 4 is 0 Å². The van der Waals surface area contributed by atoms with E-state index < -0.39 is 17.6 Å². The maximum atomic E-state index is 13.1. The molecule has 0 saturated heterocycles. The SMILES string of the molecule is Fc1ccc(-c2ncnn2-c2ccccc2C(F)(F)F)cc1. The van der Waals surface area contributed by atoms with Gasteiger partial charge < -0.3 is 0 Å². The van der Waals surface area contributed by atoms with Crippen molar-refractivity contribution < 1.29 is 17.6 Å². The fraction of sp³-hybridized carbons (Fsp3) is 0.0667. The summed E-state index contributed by atoms with van der Waals surface area (Å²) in [5, 5.41) is 3.87. The van der Waals surface area contributed by atoms with E-state index in [9.17, 15) is 17.6 Å². The summed E-state index contributed by atoms with van der Waals surface area (Å²) in [5.41, 5.74) is -0.480. The van der Waals surface area contributed by atoms with Gasteiger partial charge in [-0.3, -0.25) is 0 Å². The molecule has 0 aliphatic rings. The van der Waals surface area contributed by atoms with Gasteiger partial charge in [0, 0.05) is 5.56 Å². The second kappa shape index (κ2) is 5.25. The zero-order valence-electron chi connectivity index (χ0n) is 11.0. The van der Waals surface area contributed by atoms with Gasteiger partial charge in [0.15, 0.2) is 5.82 Å². The van der Waals surface area contributed by atoms with E-state index in [0.717, 1.165) is 17.1 Å². The van der Waals surface area contributed by atoms with E-state index in [4.69, 9.17) is 0 Å². The summed E-state index contributed by atoms with van der Waals surface area (Å²) < 4.78 is 53.4. The van der Waals surface area contributed by atoms with Crippen molar-refractivity contribution in [2.75, 3.05) is 0 Å². The van der Waals surface area contributed by atoms with Gasteiger partial charge >= 0.3 is 6.18 Å². The fourth-order valence-electron chi connectivity index (χ4n) is 2.11. The van der Waals surface area contributed by atoms with Crippen LogP contribution >= 0.6 is 0 Å². The number of hydrogen-bond acceptors (Lipinski definition) is 2. The molecule has 0 unspecified atom stereocenters. The lowest BCUT2D eigenvalue weighted by molar-refractivity contribution is -0.137. The average Bonchev–Trinajstić information content (AvgIpc) is 2.96. The number of aromatic nitrogens is 3. The highest BCUT2D eigenvalue weighted by molar-refractivity contribution is 5.58. The van der Waals surface area contributed by atoms with Crippen LogP contribution in [-0.4, -0.2) is 14.8 Å².